The Kier molecular flexibility index (Phi) is 7.76. The molecule has 0 spiro atoms. The number of benzene rings is 2. The quantitative estimate of drug-likeness (QED) is 0.388. The van der Waals surface area contributed by atoms with Crippen molar-refractivity contribution in [3.05, 3.63) is 89.1 Å². The number of nitrogens with one attached hydrogen (secondary N) is 2. The number of rotatable bonds is 9. The van der Waals surface area contributed by atoms with Crippen molar-refractivity contribution in [2.24, 2.45) is 0 Å². The van der Waals surface area contributed by atoms with Crippen LogP contribution < -0.4 is 24.8 Å². The second kappa shape index (κ2) is 11.7. The summed E-state index contributed by atoms with van der Waals surface area (Å²) in [6, 6.07) is 11.0. The molecule has 1 atom stereocenters. The number of carbonyl (C=O) groups excluding carboxylic acids is 3. The highest BCUT2D eigenvalue weighted by atomic mass is 16.7. The third-order valence-electron chi connectivity index (χ3n) is 6.33. The number of carbonyl (C=O) groups is 3. The van der Waals surface area contributed by atoms with Crippen LogP contribution in [0.2, 0.25) is 0 Å². The molecule has 2 aromatic carbocycles. The van der Waals surface area contributed by atoms with E-state index in [1.807, 2.05) is 6.07 Å². The Balaban J connectivity index is 1.55. The number of aromatic nitrogens is 2. The van der Waals surface area contributed by atoms with E-state index in [4.69, 9.17) is 18.9 Å². The molecule has 3 amide bonds. The first-order valence-electron chi connectivity index (χ1n) is 12.5. The van der Waals surface area contributed by atoms with Crippen LogP contribution in [0.3, 0.4) is 0 Å². The molecule has 1 aromatic heterocycles. The number of urea groups is 1. The van der Waals surface area contributed by atoms with Crippen LogP contribution in [-0.2, 0) is 16.1 Å². The van der Waals surface area contributed by atoms with E-state index in [1.54, 1.807) is 50.4 Å². The standard InChI is InChI=1S/C28H27N5O7/c1-3-38-27(35)24-21(31-28(36)32-25(24)18-5-7-19(37-2)8-6-18)15-33(26(34)20-13-29-10-11-30-20)14-17-4-9-22-23(12-17)40-16-39-22/h4-13,25H,3,14-16H2,1-2H3,(H2,31,32,36). The summed E-state index contributed by atoms with van der Waals surface area (Å²) in [6.07, 6.45) is 4.24. The minimum atomic E-state index is -0.826. The summed E-state index contributed by atoms with van der Waals surface area (Å²) in [5.74, 6) is 0.716. The number of hydrogen-bond donors (Lipinski definition) is 2. The summed E-state index contributed by atoms with van der Waals surface area (Å²) in [5, 5.41) is 5.52. The molecule has 3 heterocycles. The van der Waals surface area contributed by atoms with Crippen LogP contribution in [0.4, 0.5) is 4.79 Å². The van der Waals surface area contributed by atoms with Crippen molar-refractivity contribution in [1.82, 2.24) is 25.5 Å². The van der Waals surface area contributed by atoms with Gasteiger partial charge in [-0.1, -0.05) is 18.2 Å². The second-order valence-corrected chi connectivity index (χ2v) is 8.86. The van der Waals surface area contributed by atoms with Crippen LogP contribution in [0.15, 0.2) is 72.3 Å². The van der Waals surface area contributed by atoms with E-state index in [0.29, 0.717) is 22.8 Å². The van der Waals surface area contributed by atoms with Gasteiger partial charge in [0.1, 0.15) is 11.4 Å². The van der Waals surface area contributed by atoms with Gasteiger partial charge in [-0.15, -0.1) is 0 Å². The van der Waals surface area contributed by atoms with Crippen LogP contribution in [0.1, 0.15) is 34.6 Å². The number of ether oxygens (including phenoxy) is 4. The van der Waals surface area contributed by atoms with Gasteiger partial charge in [0.05, 0.1) is 43.8 Å². The van der Waals surface area contributed by atoms with Crippen molar-refractivity contribution in [3.63, 3.8) is 0 Å². The molecule has 5 rings (SSSR count). The zero-order chi connectivity index (χ0) is 28.1. The Morgan fingerprint density at radius 1 is 1.07 bits per heavy atom. The molecule has 2 aliphatic heterocycles. The molecular formula is C28H27N5O7. The fourth-order valence-electron chi connectivity index (χ4n) is 4.46. The first-order chi connectivity index (χ1) is 19.5. The Hall–Kier alpha value is -5.13. The van der Waals surface area contributed by atoms with Gasteiger partial charge in [0.25, 0.3) is 5.91 Å². The van der Waals surface area contributed by atoms with Crippen molar-refractivity contribution < 1.29 is 33.3 Å². The van der Waals surface area contributed by atoms with Crippen molar-refractivity contribution in [2.75, 3.05) is 27.1 Å². The molecular weight excluding hydrogens is 518 g/mol. The number of methoxy groups -OCH3 is 1. The van der Waals surface area contributed by atoms with E-state index < -0.39 is 23.9 Å². The fraction of sp³-hybridized carbons (Fsp3) is 0.250. The van der Waals surface area contributed by atoms with Crippen molar-refractivity contribution in [2.45, 2.75) is 19.5 Å². The predicted octanol–water partition coefficient (Wildman–Crippen LogP) is 2.73. The van der Waals surface area contributed by atoms with Gasteiger partial charge < -0.3 is 34.5 Å². The number of fused-ring (bicyclic) bond motifs is 1. The summed E-state index contributed by atoms with van der Waals surface area (Å²) in [4.78, 5) is 49.4. The molecule has 12 heteroatoms. The number of amides is 3. The van der Waals surface area contributed by atoms with Crippen LogP contribution in [0, 0.1) is 0 Å². The number of hydrogen-bond acceptors (Lipinski definition) is 9. The highest BCUT2D eigenvalue weighted by molar-refractivity contribution is 5.96. The maximum atomic E-state index is 13.6. The molecule has 12 nitrogen and oxygen atoms in total. The second-order valence-electron chi connectivity index (χ2n) is 8.86. The largest absolute Gasteiger partial charge is 0.497 e. The Labute approximate surface area is 229 Å². The third kappa shape index (κ3) is 5.65. The van der Waals surface area contributed by atoms with E-state index in [9.17, 15) is 14.4 Å². The molecule has 0 saturated carbocycles. The maximum absolute atomic E-state index is 13.6. The van der Waals surface area contributed by atoms with Crippen molar-refractivity contribution in [1.29, 1.82) is 0 Å². The van der Waals surface area contributed by atoms with E-state index >= 15 is 0 Å². The summed E-state index contributed by atoms with van der Waals surface area (Å²) >= 11 is 0. The van der Waals surface area contributed by atoms with Crippen LogP contribution >= 0.6 is 0 Å². The van der Waals surface area contributed by atoms with Gasteiger partial charge in [-0.3, -0.25) is 9.78 Å². The summed E-state index contributed by atoms with van der Waals surface area (Å²) < 4.78 is 21.5. The zero-order valence-electron chi connectivity index (χ0n) is 21.9. The fourth-order valence-corrected chi connectivity index (χ4v) is 4.46. The predicted molar refractivity (Wildman–Crippen MR) is 140 cm³/mol. The lowest BCUT2D eigenvalue weighted by Crippen LogP contribution is -2.49. The molecule has 0 aliphatic carbocycles. The minimum absolute atomic E-state index is 0.105. The Bertz CT molecular complexity index is 1440. The molecule has 0 saturated heterocycles. The van der Waals surface area contributed by atoms with Crippen LogP contribution in [0.25, 0.3) is 0 Å². The van der Waals surface area contributed by atoms with Gasteiger partial charge >= 0.3 is 12.0 Å². The first kappa shape index (κ1) is 26.5. The van der Waals surface area contributed by atoms with Crippen LogP contribution in [0.5, 0.6) is 17.2 Å². The summed E-state index contributed by atoms with van der Waals surface area (Å²) in [5.41, 5.74) is 1.88. The Morgan fingerprint density at radius 2 is 1.88 bits per heavy atom. The van der Waals surface area contributed by atoms with E-state index in [2.05, 4.69) is 20.6 Å². The normalized spacial score (nSPS) is 15.7. The summed E-state index contributed by atoms with van der Waals surface area (Å²) in [7, 11) is 1.55. The average Bonchev–Trinajstić information content (AvgIpc) is 3.45. The van der Waals surface area contributed by atoms with Gasteiger partial charge in [-0.25, -0.2) is 14.6 Å². The van der Waals surface area contributed by atoms with E-state index in [-0.39, 0.29) is 43.5 Å². The molecule has 2 N–H and O–H groups in total. The van der Waals surface area contributed by atoms with Gasteiger partial charge in [-0.2, -0.15) is 0 Å². The zero-order valence-corrected chi connectivity index (χ0v) is 21.9. The third-order valence-corrected chi connectivity index (χ3v) is 6.33. The van der Waals surface area contributed by atoms with E-state index in [0.717, 1.165) is 5.56 Å². The molecule has 3 aromatic rings. The minimum Gasteiger partial charge on any atom is -0.497 e. The van der Waals surface area contributed by atoms with Gasteiger partial charge in [0, 0.05) is 18.9 Å². The van der Waals surface area contributed by atoms with Gasteiger partial charge in [0.15, 0.2) is 11.5 Å². The highest BCUT2D eigenvalue weighted by Gasteiger charge is 2.35. The lowest BCUT2D eigenvalue weighted by atomic mass is 9.94. The monoisotopic (exact) mass is 545 g/mol. The molecule has 206 valence electrons. The molecule has 0 bridgehead atoms. The summed E-state index contributed by atoms with van der Waals surface area (Å²) in [6.45, 7) is 1.92. The molecule has 40 heavy (non-hydrogen) atoms. The smallest absolute Gasteiger partial charge is 0.338 e. The lowest BCUT2D eigenvalue weighted by molar-refractivity contribution is -0.139. The number of esters is 1. The SMILES string of the molecule is CCOC(=O)C1=C(CN(Cc2ccc3c(c2)OCO3)C(=O)c2cnccn2)NC(=O)NC1c1ccc(OC)cc1. The highest BCUT2D eigenvalue weighted by Crippen LogP contribution is 2.34. The molecule has 2 aliphatic rings. The van der Waals surface area contributed by atoms with Crippen molar-refractivity contribution in [3.8, 4) is 17.2 Å². The van der Waals surface area contributed by atoms with Gasteiger partial charge in [-0.05, 0) is 42.3 Å². The maximum Gasteiger partial charge on any atom is 0.338 e. The van der Waals surface area contributed by atoms with Gasteiger partial charge in [0.2, 0.25) is 6.79 Å². The van der Waals surface area contributed by atoms with E-state index in [1.165, 1.54) is 23.5 Å². The van der Waals surface area contributed by atoms with Crippen LogP contribution in [-0.4, -0.2) is 59.8 Å². The lowest BCUT2D eigenvalue weighted by Gasteiger charge is -2.32. The number of nitrogens with zero attached hydrogens (tertiary/aromatic N) is 3. The average molecular weight is 546 g/mol. The first-order valence-corrected chi connectivity index (χ1v) is 12.5. The Morgan fingerprint density at radius 3 is 2.60 bits per heavy atom. The molecule has 0 fully saturated rings. The molecule has 0 radical (unpaired) electrons. The topological polar surface area (TPSA) is 141 Å². The van der Waals surface area contributed by atoms with Crippen molar-refractivity contribution >= 4 is 17.9 Å². The molecule has 1 unspecified atom stereocenters.